The molecular formula is C19H17Cl2NO3. The predicted octanol–water partition coefficient (Wildman–Crippen LogP) is 4.66. The van der Waals surface area contributed by atoms with Crippen LogP contribution in [0.15, 0.2) is 42.5 Å². The lowest BCUT2D eigenvalue weighted by Crippen LogP contribution is -2.25. The van der Waals surface area contributed by atoms with Gasteiger partial charge in [0.05, 0.1) is 6.04 Å². The van der Waals surface area contributed by atoms with Crippen molar-refractivity contribution in [3.05, 3.63) is 63.6 Å². The molecule has 0 fully saturated rings. The van der Waals surface area contributed by atoms with E-state index in [0.717, 1.165) is 16.9 Å². The molecule has 2 aromatic rings. The zero-order valence-corrected chi connectivity index (χ0v) is 15.1. The van der Waals surface area contributed by atoms with Crippen LogP contribution in [-0.4, -0.2) is 19.1 Å². The zero-order chi connectivity index (χ0) is 17.8. The second-order valence-electron chi connectivity index (χ2n) is 5.63. The van der Waals surface area contributed by atoms with Crippen LogP contribution in [-0.2, 0) is 4.79 Å². The highest BCUT2D eigenvalue weighted by Gasteiger charge is 2.15. The van der Waals surface area contributed by atoms with Crippen molar-refractivity contribution in [1.82, 2.24) is 5.32 Å². The predicted molar refractivity (Wildman–Crippen MR) is 99.5 cm³/mol. The van der Waals surface area contributed by atoms with E-state index in [1.54, 1.807) is 24.3 Å². The van der Waals surface area contributed by atoms with Crippen LogP contribution in [0.3, 0.4) is 0 Å². The summed E-state index contributed by atoms with van der Waals surface area (Å²) in [4.78, 5) is 12.1. The minimum absolute atomic E-state index is 0.173. The van der Waals surface area contributed by atoms with Crippen molar-refractivity contribution in [2.75, 3.05) is 13.2 Å². The largest absolute Gasteiger partial charge is 0.486 e. The van der Waals surface area contributed by atoms with Gasteiger partial charge in [-0.2, -0.15) is 0 Å². The fourth-order valence-corrected chi connectivity index (χ4v) is 2.95. The number of rotatable bonds is 4. The van der Waals surface area contributed by atoms with E-state index < -0.39 is 0 Å². The molecule has 1 amide bonds. The van der Waals surface area contributed by atoms with Crippen molar-refractivity contribution in [3.63, 3.8) is 0 Å². The van der Waals surface area contributed by atoms with Crippen molar-refractivity contribution in [1.29, 1.82) is 0 Å². The Morgan fingerprint density at radius 2 is 1.88 bits per heavy atom. The first kappa shape index (κ1) is 17.6. The minimum atomic E-state index is -0.214. The van der Waals surface area contributed by atoms with Gasteiger partial charge >= 0.3 is 0 Å². The highest BCUT2D eigenvalue weighted by atomic mass is 35.5. The van der Waals surface area contributed by atoms with Gasteiger partial charge in [0, 0.05) is 16.1 Å². The van der Waals surface area contributed by atoms with Crippen LogP contribution in [0.2, 0.25) is 10.0 Å². The van der Waals surface area contributed by atoms with Crippen LogP contribution in [0.5, 0.6) is 11.5 Å². The number of hydrogen-bond donors (Lipinski definition) is 1. The van der Waals surface area contributed by atoms with E-state index >= 15 is 0 Å². The number of carbonyl (C=O) groups is 1. The Hall–Kier alpha value is -2.17. The maximum atomic E-state index is 12.1. The second-order valence-corrected chi connectivity index (χ2v) is 6.48. The summed E-state index contributed by atoms with van der Waals surface area (Å²) in [5, 5.41) is 3.96. The third kappa shape index (κ3) is 4.47. The average molecular weight is 378 g/mol. The molecule has 0 radical (unpaired) electrons. The molecule has 25 heavy (non-hydrogen) atoms. The van der Waals surface area contributed by atoms with Gasteiger partial charge in [0.1, 0.15) is 13.2 Å². The monoisotopic (exact) mass is 377 g/mol. The third-order valence-electron chi connectivity index (χ3n) is 3.80. The first-order valence-electron chi connectivity index (χ1n) is 7.86. The quantitative estimate of drug-likeness (QED) is 0.788. The van der Waals surface area contributed by atoms with E-state index in [9.17, 15) is 4.79 Å². The molecule has 1 atom stereocenters. The second kappa shape index (κ2) is 7.81. The SMILES string of the molecule is C[C@H](NC(=O)/C=C/c1ccc(Cl)cc1Cl)c1ccc2c(c1)OCCO2. The van der Waals surface area contributed by atoms with Gasteiger partial charge in [-0.05, 0) is 48.4 Å². The standard InChI is InChI=1S/C19H17Cl2NO3/c1-12(14-3-6-17-18(10-14)25-9-8-24-17)22-19(23)7-4-13-2-5-15(20)11-16(13)21/h2-7,10-12H,8-9H2,1H3,(H,22,23)/b7-4+/t12-/m0/s1. The van der Waals surface area contributed by atoms with Crippen LogP contribution in [0, 0.1) is 0 Å². The van der Waals surface area contributed by atoms with Gasteiger partial charge in [-0.25, -0.2) is 0 Å². The van der Waals surface area contributed by atoms with E-state index in [1.165, 1.54) is 6.08 Å². The molecule has 1 heterocycles. The van der Waals surface area contributed by atoms with E-state index in [2.05, 4.69) is 5.32 Å². The summed E-state index contributed by atoms with van der Waals surface area (Å²) in [6.45, 7) is 2.99. The molecule has 4 nitrogen and oxygen atoms in total. The first-order chi connectivity index (χ1) is 12.0. The summed E-state index contributed by atoms with van der Waals surface area (Å²) in [7, 11) is 0. The van der Waals surface area contributed by atoms with Crippen LogP contribution >= 0.6 is 23.2 Å². The average Bonchev–Trinajstić information content (AvgIpc) is 2.60. The minimum Gasteiger partial charge on any atom is -0.486 e. The van der Waals surface area contributed by atoms with Gasteiger partial charge in [0.2, 0.25) is 5.91 Å². The molecule has 0 aliphatic carbocycles. The van der Waals surface area contributed by atoms with Gasteiger partial charge in [-0.15, -0.1) is 0 Å². The molecule has 1 N–H and O–H groups in total. The van der Waals surface area contributed by atoms with E-state index in [1.807, 2.05) is 25.1 Å². The molecule has 130 valence electrons. The number of benzene rings is 2. The lowest BCUT2D eigenvalue weighted by atomic mass is 10.1. The van der Waals surface area contributed by atoms with Crippen LogP contribution in [0.1, 0.15) is 24.1 Å². The summed E-state index contributed by atoms with van der Waals surface area (Å²) in [5.74, 6) is 1.22. The van der Waals surface area contributed by atoms with Crippen molar-refractivity contribution in [3.8, 4) is 11.5 Å². The molecule has 2 aromatic carbocycles. The smallest absolute Gasteiger partial charge is 0.244 e. The molecular weight excluding hydrogens is 361 g/mol. The van der Waals surface area contributed by atoms with Gasteiger partial charge in [0.25, 0.3) is 0 Å². The summed E-state index contributed by atoms with van der Waals surface area (Å²) in [6.07, 6.45) is 3.11. The Morgan fingerprint density at radius 3 is 2.64 bits per heavy atom. The lowest BCUT2D eigenvalue weighted by Gasteiger charge is -2.20. The molecule has 0 bridgehead atoms. The van der Waals surface area contributed by atoms with Crippen molar-refractivity contribution in [2.45, 2.75) is 13.0 Å². The van der Waals surface area contributed by atoms with Gasteiger partial charge in [-0.3, -0.25) is 4.79 Å². The number of carbonyl (C=O) groups excluding carboxylic acids is 1. The fraction of sp³-hybridized carbons (Fsp3) is 0.211. The Labute approximate surface area is 156 Å². The fourth-order valence-electron chi connectivity index (χ4n) is 2.48. The molecule has 0 unspecified atom stereocenters. The maximum Gasteiger partial charge on any atom is 0.244 e. The van der Waals surface area contributed by atoms with Crippen LogP contribution < -0.4 is 14.8 Å². The lowest BCUT2D eigenvalue weighted by molar-refractivity contribution is -0.117. The Morgan fingerprint density at radius 1 is 1.12 bits per heavy atom. The molecule has 0 saturated heterocycles. The Kier molecular flexibility index (Phi) is 5.51. The van der Waals surface area contributed by atoms with Crippen LogP contribution in [0.4, 0.5) is 0 Å². The number of ether oxygens (including phenoxy) is 2. The summed E-state index contributed by atoms with van der Waals surface area (Å²) in [5.41, 5.74) is 1.67. The first-order valence-corrected chi connectivity index (χ1v) is 8.62. The van der Waals surface area contributed by atoms with Gasteiger partial charge < -0.3 is 14.8 Å². The number of halogens is 2. The molecule has 3 rings (SSSR count). The van der Waals surface area contributed by atoms with Gasteiger partial charge in [0.15, 0.2) is 11.5 Å². The summed E-state index contributed by atoms with van der Waals surface area (Å²) < 4.78 is 11.1. The molecule has 0 saturated carbocycles. The van der Waals surface area contributed by atoms with Crippen molar-refractivity contribution < 1.29 is 14.3 Å². The topological polar surface area (TPSA) is 47.6 Å². The van der Waals surface area contributed by atoms with Crippen molar-refractivity contribution in [2.24, 2.45) is 0 Å². The van der Waals surface area contributed by atoms with E-state index in [-0.39, 0.29) is 11.9 Å². The molecule has 0 aromatic heterocycles. The van der Waals surface area contributed by atoms with E-state index in [0.29, 0.717) is 29.0 Å². The molecule has 1 aliphatic rings. The van der Waals surface area contributed by atoms with E-state index in [4.69, 9.17) is 32.7 Å². The van der Waals surface area contributed by atoms with Gasteiger partial charge in [-0.1, -0.05) is 35.3 Å². The summed E-state index contributed by atoms with van der Waals surface area (Å²) in [6, 6.07) is 10.6. The molecule has 1 aliphatic heterocycles. The highest BCUT2D eigenvalue weighted by molar-refractivity contribution is 6.35. The zero-order valence-electron chi connectivity index (χ0n) is 13.6. The number of nitrogens with one attached hydrogen (secondary N) is 1. The van der Waals surface area contributed by atoms with Crippen molar-refractivity contribution >= 4 is 35.2 Å². The number of hydrogen-bond acceptors (Lipinski definition) is 3. The van der Waals surface area contributed by atoms with Crippen LogP contribution in [0.25, 0.3) is 6.08 Å². The third-order valence-corrected chi connectivity index (χ3v) is 4.36. The number of fused-ring (bicyclic) bond motifs is 1. The Bertz CT molecular complexity index is 820. The normalized spacial score (nSPS) is 14.4. The summed E-state index contributed by atoms with van der Waals surface area (Å²) >= 11 is 11.9. The molecule has 6 heteroatoms. The highest BCUT2D eigenvalue weighted by Crippen LogP contribution is 2.32. The maximum absolute atomic E-state index is 12.1. The Balaban J connectivity index is 1.65. The number of amides is 1. The molecule has 0 spiro atoms.